The molecule has 0 amide bonds. The number of nitriles is 1. The van der Waals surface area contributed by atoms with Gasteiger partial charge in [-0.25, -0.2) is 22.7 Å². The average molecular weight is 497 g/mol. The van der Waals surface area contributed by atoms with Gasteiger partial charge < -0.3 is 15.2 Å². The van der Waals surface area contributed by atoms with Gasteiger partial charge in [0.05, 0.1) is 42.2 Å². The fraction of sp³-hybridized carbons (Fsp3) is 0.208. The molecule has 11 heteroatoms. The zero-order chi connectivity index (χ0) is 25.9. The number of rotatable bonds is 6. The van der Waals surface area contributed by atoms with E-state index in [4.69, 9.17) is 15.2 Å². The van der Waals surface area contributed by atoms with Crippen molar-refractivity contribution in [1.82, 2.24) is 4.72 Å². The summed E-state index contributed by atoms with van der Waals surface area (Å²) < 4.78 is 37.4. The summed E-state index contributed by atoms with van der Waals surface area (Å²) >= 11 is 0. The van der Waals surface area contributed by atoms with Crippen LogP contribution in [0.1, 0.15) is 17.0 Å². The second kappa shape index (κ2) is 10.0. The summed E-state index contributed by atoms with van der Waals surface area (Å²) in [7, 11) is -0.335. The van der Waals surface area contributed by atoms with Gasteiger partial charge in [-0.2, -0.15) is 5.26 Å². The normalized spacial score (nSPS) is 16.1. The zero-order valence-corrected chi connectivity index (χ0v) is 20.3. The van der Waals surface area contributed by atoms with Gasteiger partial charge in [0.25, 0.3) is 0 Å². The van der Waals surface area contributed by atoms with Crippen molar-refractivity contribution in [3.8, 4) is 6.07 Å². The SMILES string of the molecule is CNS(=O)(=O)c1cc(N2C(N)=C(C#N)C(c3ccccc3)C(C(=O)OC)=C2C(=O)OC)ccc1C. The van der Waals surface area contributed by atoms with Gasteiger partial charge in [-0.3, -0.25) is 4.90 Å². The summed E-state index contributed by atoms with van der Waals surface area (Å²) in [5.74, 6) is -2.99. The first-order valence-electron chi connectivity index (χ1n) is 10.3. The Morgan fingerprint density at radius 1 is 1.09 bits per heavy atom. The predicted octanol–water partition coefficient (Wildman–Crippen LogP) is 1.80. The molecule has 2 aromatic carbocycles. The molecule has 0 aromatic heterocycles. The Labute approximate surface area is 203 Å². The van der Waals surface area contributed by atoms with Crippen molar-refractivity contribution in [2.75, 3.05) is 26.2 Å². The number of sulfonamides is 1. The minimum atomic E-state index is -3.88. The van der Waals surface area contributed by atoms with Crippen LogP contribution < -0.4 is 15.4 Å². The number of carbonyl (C=O) groups is 2. The minimum absolute atomic E-state index is 0.0251. The highest BCUT2D eigenvalue weighted by Crippen LogP contribution is 2.43. The molecule has 1 aliphatic heterocycles. The molecule has 0 fully saturated rings. The fourth-order valence-corrected chi connectivity index (χ4v) is 4.90. The van der Waals surface area contributed by atoms with E-state index in [0.29, 0.717) is 11.1 Å². The highest BCUT2D eigenvalue weighted by molar-refractivity contribution is 7.89. The van der Waals surface area contributed by atoms with Crippen LogP contribution in [0.4, 0.5) is 5.69 Å². The maximum Gasteiger partial charge on any atom is 0.355 e. The van der Waals surface area contributed by atoms with Crippen molar-refractivity contribution in [1.29, 1.82) is 5.26 Å². The topological polar surface area (TPSA) is 152 Å². The molecule has 3 rings (SSSR count). The molecule has 0 saturated carbocycles. The van der Waals surface area contributed by atoms with Crippen LogP contribution in [0.25, 0.3) is 0 Å². The van der Waals surface area contributed by atoms with Crippen molar-refractivity contribution in [3.05, 3.63) is 82.3 Å². The number of nitrogens with one attached hydrogen (secondary N) is 1. The average Bonchev–Trinajstić information content (AvgIpc) is 2.87. The number of esters is 2. The van der Waals surface area contributed by atoms with E-state index in [-0.39, 0.29) is 33.2 Å². The van der Waals surface area contributed by atoms with Gasteiger partial charge in [0.15, 0.2) is 0 Å². The van der Waals surface area contributed by atoms with Gasteiger partial charge in [-0.05, 0) is 37.2 Å². The van der Waals surface area contributed by atoms with Crippen LogP contribution in [0.3, 0.4) is 0 Å². The number of carbonyl (C=O) groups excluding carboxylic acids is 2. The molecule has 0 spiro atoms. The molecule has 1 unspecified atom stereocenters. The molecule has 10 nitrogen and oxygen atoms in total. The zero-order valence-electron chi connectivity index (χ0n) is 19.5. The van der Waals surface area contributed by atoms with Crippen molar-refractivity contribution >= 4 is 27.6 Å². The molecule has 1 atom stereocenters. The summed E-state index contributed by atoms with van der Waals surface area (Å²) in [5.41, 5.74) is 7.03. The van der Waals surface area contributed by atoms with Crippen LogP contribution in [0.15, 0.2) is 76.1 Å². The second-order valence-corrected chi connectivity index (χ2v) is 9.35. The number of methoxy groups -OCH3 is 2. The number of nitrogens with zero attached hydrogens (tertiary/aromatic N) is 2. The van der Waals surface area contributed by atoms with E-state index in [1.807, 2.05) is 6.07 Å². The van der Waals surface area contributed by atoms with Crippen molar-refractivity contribution in [2.24, 2.45) is 5.73 Å². The molecule has 0 saturated heterocycles. The molecular weight excluding hydrogens is 472 g/mol. The Kier molecular flexibility index (Phi) is 7.28. The van der Waals surface area contributed by atoms with Gasteiger partial charge in [0.1, 0.15) is 11.5 Å². The molecule has 1 heterocycles. The Morgan fingerprint density at radius 2 is 1.71 bits per heavy atom. The first-order valence-corrected chi connectivity index (χ1v) is 11.8. The Bertz CT molecular complexity index is 1390. The quantitative estimate of drug-likeness (QED) is 0.570. The van der Waals surface area contributed by atoms with E-state index in [2.05, 4.69) is 4.72 Å². The lowest BCUT2D eigenvalue weighted by Crippen LogP contribution is -2.40. The fourth-order valence-electron chi connectivity index (χ4n) is 3.91. The molecule has 0 radical (unpaired) electrons. The van der Waals surface area contributed by atoms with Gasteiger partial charge in [0, 0.05) is 5.69 Å². The number of anilines is 1. The molecule has 35 heavy (non-hydrogen) atoms. The summed E-state index contributed by atoms with van der Waals surface area (Å²) in [6.07, 6.45) is 0. The maximum atomic E-state index is 13.1. The number of hydrogen-bond acceptors (Lipinski definition) is 9. The highest BCUT2D eigenvalue weighted by atomic mass is 32.2. The van der Waals surface area contributed by atoms with E-state index >= 15 is 0 Å². The van der Waals surface area contributed by atoms with E-state index in [1.54, 1.807) is 37.3 Å². The lowest BCUT2D eigenvalue weighted by molar-refractivity contribution is -0.139. The monoisotopic (exact) mass is 496 g/mol. The molecule has 182 valence electrons. The number of ether oxygens (including phenoxy) is 2. The second-order valence-electron chi connectivity index (χ2n) is 7.49. The first-order chi connectivity index (χ1) is 16.6. The molecule has 0 aliphatic carbocycles. The molecular formula is C24H24N4O6S. The largest absolute Gasteiger partial charge is 0.466 e. The maximum absolute atomic E-state index is 13.1. The third-order valence-corrected chi connectivity index (χ3v) is 7.15. The smallest absolute Gasteiger partial charge is 0.355 e. The van der Waals surface area contributed by atoms with Crippen LogP contribution in [0.2, 0.25) is 0 Å². The molecule has 0 bridgehead atoms. The van der Waals surface area contributed by atoms with E-state index in [1.165, 1.54) is 25.2 Å². The first kappa shape index (κ1) is 25.5. The van der Waals surface area contributed by atoms with E-state index in [0.717, 1.165) is 19.1 Å². The van der Waals surface area contributed by atoms with Gasteiger partial charge >= 0.3 is 11.9 Å². The van der Waals surface area contributed by atoms with Crippen molar-refractivity contribution in [2.45, 2.75) is 17.7 Å². The van der Waals surface area contributed by atoms with E-state index < -0.39 is 27.9 Å². The minimum Gasteiger partial charge on any atom is -0.466 e. The molecule has 3 N–H and O–H groups in total. The van der Waals surface area contributed by atoms with Crippen LogP contribution in [-0.2, 0) is 29.1 Å². The number of nitrogens with two attached hydrogens (primary N) is 1. The lowest BCUT2D eigenvalue weighted by Gasteiger charge is -2.36. The van der Waals surface area contributed by atoms with Crippen LogP contribution in [0.5, 0.6) is 0 Å². The number of benzene rings is 2. The Morgan fingerprint density at radius 3 is 2.26 bits per heavy atom. The standard InChI is InChI=1S/C24H24N4O6S/c1-14-10-11-16(12-18(14)35(31,32)27-2)28-21(24(30)34-4)20(23(29)33-3)19(17(13-25)22(28)26)15-8-6-5-7-9-15/h5-12,19,27H,26H2,1-4H3. The predicted molar refractivity (Wildman–Crippen MR) is 127 cm³/mol. The van der Waals surface area contributed by atoms with Crippen molar-refractivity contribution in [3.63, 3.8) is 0 Å². The molecule has 1 aliphatic rings. The molecule has 2 aromatic rings. The third kappa shape index (κ3) is 4.49. The number of aryl methyl sites for hydroxylation is 1. The van der Waals surface area contributed by atoms with Crippen molar-refractivity contribution < 1.29 is 27.5 Å². The van der Waals surface area contributed by atoms with Gasteiger partial charge in [0.2, 0.25) is 10.0 Å². The Hall–Kier alpha value is -4.14. The van der Waals surface area contributed by atoms with E-state index in [9.17, 15) is 23.3 Å². The summed E-state index contributed by atoms with van der Waals surface area (Å²) in [5, 5.41) is 10.1. The van der Waals surface area contributed by atoms with Crippen LogP contribution in [-0.4, -0.2) is 41.6 Å². The van der Waals surface area contributed by atoms with Gasteiger partial charge in [-0.1, -0.05) is 36.4 Å². The summed E-state index contributed by atoms with van der Waals surface area (Å²) in [6.45, 7) is 1.60. The number of allylic oxidation sites excluding steroid dienone is 1. The van der Waals surface area contributed by atoms with Crippen LogP contribution in [0, 0.1) is 18.3 Å². The third-order valence-electron chi connectivity index (χ3n) is 5.60. The number of hydrogen-bond donors (Lipinski definition) is 2. The summed E-state index contributed by atoms with van der Waals surface area (Å²) in [4.78, 5) is 27.2. The summed E-state index contributed by atoms with van der Waals surface area (Å²) in [6, 6.07) is 15.0. The van der Waals surface area contributed by atoms with Gasteiger partial charge in [-0.15, -0.1) is 0 Å². The Balaban J connectivity index is 2.44. The highest BCUT2D eigenvalue weighted by Gasteiger charge is 2.43. The van der Waals surface area contributed by atoms with Crippen LogP contribution >= 0.6 is 0 Å². The lowest BCUT2D eigenvalue weighted by atomic mass is 9.81.